The van der Waals surface area contributed by atoms with Gasteiger partial charge in [0.25, 0.3) is 0 Å². The third kappa shape index (κ3) is 2.74. The lowest BCUT2D eigenvalue weighted by Gasteiger charge is -2.12. The molecule has 98 valence electrons. The van der Waals surface area contributed by atoms with Crippen LogP contribution in [0.15, 0.2) is 36.7 Å². The maximum absolute atomic E-state index is 4.37. The van der Waals surface area contributed by atoms with Crippen LogP contribution in [0.5, 0.6) is 0 Å². The van der Waals surface area contributed by atoms with Crippen LogP contribution in [0.3, 0.4) is 0 Å². The van der Waals surface area contributed by atoms with Gasteiger partial charge in [-0.3, -0.25) is 0 Å². The van der Waals surface area contributed by atoms with Crippen molar-refractivity contribution in [2.75, 3.05) is 11.9 Å². The molecule has 1 aliphatic rings. The molecule has 1 aliphatic heterocycles. The lowest BCUT2D eigenvalue weighted by Crippen LogP contribution is -2.13. The van der Waals surface area contributed by atoms with Crippen molar-refractivity contribution in [3.8, 4) is 0 Å². The third-order valence-corrected chi connectivity index (χ3v) is 3.50. The smallest absolute Gasteiger partial charge is 0.134 e. The maximum Gasteiger partial charge on any atom is 0.134 e. The van der Waals surface area contributed by atoms with Gasteiger partial charge < -0.3 is 10.6 Å². The number of pyridine rings is 2. The first-order valence-electron chi connectivity index (χ1n) is 6.71. The molecule has 0 aromatic carbocycles. The fourth-order valence-electron chi connectivity index (χ4n) is 2.44. The van der Waals surface area contributed by atoms with Gasteiger partial charge in [-0.15, -0.1) is 0 Å². The van der Waals surface area contributed by atoms with Crippen LogP contribution in [0.2, 0.25) is 0 Å². The summed E-state index contributed by atoms with van der Waals surface area (Å²) >= 11 is 0. The molecule has 3 rings (SSSR count). The fraction of sp³-hybridized carbons (Fsp3) is 0.333. The summed E-state index contributed by atoms with van der Waals surface area (Å²) in [5.74, 6) is 1.72. The van der Waals surface area contributed by atoms with Crippen LogP contribution >= 0.6 is 0 Å². The average molecular weight is 254 g/mol. The van der Waals surface area contributed by atoms with Crippen LogP contribution in [-0.2, 0) is 0 Å². The van der Waals surface area contributed by atoms with Crippen LogP contribution in [-0.4, -0.2) is 16.5 Å². The zero-order valence-electron chi connectivity index (χ0n) is 11.1. The lowest BCUT2D eigenvalue weighted by atomic mass is 10.1. The Morgan fingerprint density at radius 1 is 1.26 bits per heavy atom. The van der Waals surface area contributed by atoms with Crippen molar-refractivity contribution in [3.63, 3.8) is 0 Å². The van der Waals surface area contributed by atoms with Crippen molar-refractivity contribution in [2.45, 2.75) is 25.8 Å². The molecule has 2 N–H and O–H groups in total. The summed E-state index contributed by atoms with van der Waals surface area (Å²) < 4.78 is 0. The highest BCUT2D eigenvalue weighted by molar-refractivity contribution is 5.56. The van der Waals surface area contributed by atoms with Gasteiger partial charge in [-0.05, 0) is 55.6 Å². The zero-order chi connectivity index (χ0) is 13.1. The number of aromatic nitrogens is 2. The summed E-state index contributed by atoms with van der Waals surface area (Å²) in [5, 5.41) is 6.79. The van der Waals surface area contributed by atoms with E-state index in [1.807, 2.05) is 25.3 Å². The minimum atomic E-state index is 0.466. The van der Waals surface area contributed by atoms with Gasteiger partial charge in [0.1, 0.15) is 11.6 Å². The molecular weight excluding hydrogens is 236 g/mol. The van der Waals surface area contributed by atoms with Gasteiger partial charge in [0.15, 0.2) is 0 Å². The molecule has 3 heterocycles. The minimum absolute atomic E-state index is 0.466. The molecule has 2 aromatic heterocycles. The SMILES string of the molecule is Cc1cccnc1Nc1cc(C2CCCN2)ccn1. The monoisotopic (exact) mass is 254 g/mol. The Morgan fingerprint density at radius 3 is 3.00 bits per heavy atom. The van der Waals surface area contributed by atoms with Gasteiger partial charge in [0.2, 0.25) is 0 Å². The molecule has 4 nitrogen and oxygen atoms in total. The zero-order valence-corrected chi connectivity index (χ0v) is 11.1. The highest BCUT2D eigenvalue weighted by Crippen LogP contribution is 2.25. The topological polar surface area (TPSA) is 49.8 Å². The van der Waals surface area contributed by atoms with E-state index in [9.17, 15) is 0 Å². The molecular formula is C15H18N4. The van der Waals surface area contributed by atoms with Crippen LogP contribution in [0, 0.1) is 6.92 Å². The largest absolute Gasteiger partial charge is 0.325 e. The number of hydrogen-bond acceptors (Lipinski definition) is 4. The van der Waals surface area contributed by atoms with E-state index in [1.54, 1.807) is 6.20 Å². The molecule has 0 bridgehead atoms. The normalized spacial score (nSPS) is 18.5. The van der Waals surface area contributed by atoms with E-state index < -0.39 is 0 Å². The van der Waals surface area contributed by atoms with Crippen LogP contribution < -0.4 is 10.6 Å². The van der Waals surface area contributed by atoms with E-state index in [2.05, 4.69) is 32.7 Å². The maximum atomic E-state index is 4.37. The van der Waals surface area contributed by atoms with Gasteiger partial charge in [0.05, 0.1) is 0 Å². The van der Waals surface area contributed by atoms with Crippen molar-refractivity contribution in [1.82, 2.24) is 15.3 Å². The Balaban J connectivity index is 1.81. The van der Waals surface area contributed by atoms with Crippen molar-refractivity contribution >= 4 is 11.6 Å². The highest BCUT2D eigenvalue weighted by Gasteiger charge is 2.16. The van der Waals surface area contributed by atoms with Gasteiger partial charge in [0, 0.05) is 18.4 Å². The second kappa shape index (κ2) is 5.36. The molecule has 1 saturated heterocycles. The van der Waals surface area contributed by atoms with E-state index >= 15 is 0 Å². The summed E-state index contributed by atoms with van der Waals surface area (Å²) in [4.78, 5) is 8.70. The predicted octanol–water partition coefficient (Wildman–Crippen LogP) is 2.95. The molecule has 1 fully saturated rings. The van der Waals surface area contributed by atoms with Crippen molar-refractivity contribution in [3.05, 3.63) is 47.8 Å². The number of hydrogen-bond donors (Lipinski definition) is 2. The standard InChI is InChI=1S/C15H18N4/c1-11-4-2-8-18-15(11)19-14-10-12(6-9-17-14)13-5-3-7-16-13/h2,4,6,8-10,13,16H,3,5,7H2,1H3,(H,17,18,19). The quantitative estimate of drug-likeness (QED) is 0.884. The molecule has 19 heavy (non-hydrogen) atoms. The second-order valence-electron chi connectivity index (χ2n) is 4.92. The summed E-state index contributed by atoms with van der Waals surface area (Å²) in [5.41, 5.74) is 2.41. The number of rotatable bonds is 3. The molecule has 4 heteroatoms. The summed E-state index contributed by atoms with van der Waals surface area (Å²) in [7, 11) is 0. The molecule has 0 spiro atoms. The number of nitrogens with one attached hydrogen (secondary N) is 2. The predicted molar refractivity (Wildman–Crippen MR) is 76.5 cm³/mol. The minimum Gasteiger partial charge on any atom is -0.325 e. The molecule has 0 radical (unpaired) electrons. The fourth-order valence-corrected chi connectivity index (χ4v) is 2.44. The summed E-state index contributed by atoms with van der Waals surface area (Å²) in [6.07, 6.45) is 6.09. The van der Waals surface area contributed by atoms with Crippen molar-refractivity contribution in [1.29, 1.82) is 0 Å². The van der Waals surface area contributed by atoms with E-state index in [0.29, 0.717) is 6.04 Å². The van der Waals surface area contributed by atoms with Crippen molar-refractivity contribution in [2.24, 2.45) is 0 Å². The summed E-state index contributed by atoms with van der Waals surface area (Å²) in [6, 6.07) is 8.63. The van der Waals surface area contributed by atoms with Gasteiger partial charge in [-0.25, -0.2) is 9.97 Å². The number of aryl methyl sites for hydroxylation is 1. The molecule has 2 aromatic rings. The van der Waals surface area contributed by atoms with E-state index in [0.717, 1.165) is 23.7 Å². The first kappa shape index (κ1) is 12.1. The Hall–Kier alpha value is -1.94. The van der Waals surface area contributed by atoms with Crippen molar-refractivity contribution < 1.29 is 0 Å². The Kier molecular flexibility index (Phi) is 3.42. The third-order valence-electron chi connectivity index (χ3n) is 3.50. The molecule has 1 unspecified atom stereocenters. The van der Waals surface area contributed by atoms with Gasteiger partial charge in [-0.1, -0.05) is 6.07 Å². The van der Waals surface area contributed by atoms with Crippen LogP contribution in [0.25, 0.3) is 0 Å². The first-order valence-corrected chi connectivity index (χ1v) is 6.71. The number of anilines is 2. The highest BCUT2D eigenvalue weighted by atomic mass is 15.1. The van der Waals surface area contributed by atoms with Crippen LogP contribution in [0.4, 0.5) is 11.6 Å². The van der Waals surface area contributed by atoms with Crippen LogP contribution in [0.1, 0.15) is 30.0 Å². The summed E-state index contributed by atoms with van der Waals surface area (Å²) in [6.45, 7) is 3.15. The van der Waals surface area contributed by atoms with E-state index in [4.69, 9.17) is 0 Å². The number of nitrogens with zero attached hydrogens (tertiary/aromatic N) is 2. The Labute approximate surface area is 113 Å². The van der Waals surface area contributed by atoms with Gasteiger partial charge in [-0.2, -0.15) is 0 Å². The first-order chi connectivity index (χ1) is 9.33. The van der Waals surface area contributed by atoms with Gasteiger partial charge >= 0.3 is 0 Å². The Bertz CT molecular complexity index is 562. The van der Waals surface area contributed by atoms with E-state index in [1.165, 1.54) is 18.4 Å². The lowest BCUT2D eigenvalue weighted by molar-refractivity contribution is 0.647. The Morgan fingerprint density at radius 2 is 2.21 bits per heavy atom. The molecule has 0 aliphatic carbocycles. The molecule has 0 amide bonds. The molecule has 1 atom stereocenters. The molecule has 0 saturated carbocycles. The second-order valence-corrected chi connectivity index (χ2v) is 4.92. The van der Waals surface area contributed by atoms with E-state index in [-0.39, 0.29) is 0 Å². The average Bonchev–Trinajstić information content (AvgIpc) is 2.96.